The summed E-state index contributed by atoms with van der Waals surface area (Å²) in [5, 5.41) is 0.0665. The van der Waals surface area contributed by atoms with Crippen LogP contribution in [-0.4, -0.2) is 51.1 Å². The van der Waals surface area contributed by atoms with Crippen LogP contribution in [0.2, 0.25) is 18.1 Å². The molecular formula is C27H42O6Si. The molecule has 0 N–H and O–H groups in total. The minimum Gasteiger partial charge on any atom is -0.411 e. The number of carbonyl (C=O) groups is 1. The fourth-order valence-corrected chi connectivity index (χ4v) is 5.51. The summed E-state index contributed by atoms with van der Waals surface area (Å²) < 4.78 is 31.5. The normalized spacial score (nSPS) is 27.1. The molecular weight excluding hydrogens is 448 g/mol. The summed E-state index contributed by atoms with van der Waals surface area (Å²) in [7, 11) is -2.07. The van der Waals surface area contributed by atoms with Gasteiger partial charge in [0.25, 0.3) is 0 Å². The highest BCUT2D eigenvalue weighted by Gasteiger charge is 2.50. The summed E-state index contributed by atoms with van der Waals surface area (Å²) in [5.74, 6) is -1.88. The van der Waals surface area contributed by atoms with E-state index in [1.165, 1.54) is 0 Å². The molecule has 0 aliphatic carbocycles. The highest BCUT2D eigenvalue weighted by atomic mass is 28.4. The van der Waals surface area contributed by atoms with E-state index in [1.54, 1.807) is 12.2 Å². The lowest BCUT2D eigenvalue weighted by Gasteiger charge is -2.50. The first-order chi connectivity index (χ1) is 15.7. The molecule has 2 aliphatic rings. The molecule has 6 nitrogen and oxygen atoms in total. The van der Waals surface area contributed by atoms with Gasteiger partial charge in [-0.25, -0.2) is 0 Å². The lowest BCUT2D eigenvalue weighted by atomic mass is 9.90. The molecule has 1 aromatic carbocycles. The largest absolute Gasteiger partial charge is 0.411 e. The lowest BCUT2D eigenvalue weighted by Crippen LogP contribution is -2.58. The van der Waals surface area contributed by atoms with Crippen molar-refractivity contribution < 1.29 is 28.2 Å². The SMILES string of the molecule is C[C@H]([C@@H]1C[C@]2(C=CC(=O)CO2)OC(C)(C)O1)[C@@H](COCc1ccccc1)O[Si](C)(C)C(C)(C)C. The van der Waals surface area contributed by atoms with Crippen LogP contribution in [0.15, 0.2) is 42.5 Å². The molecule has 0 radical (unpaired) electrons. The predicted molar refractivity (Wildman–Crippen MR) is 135 cm³/mol. The molecule has 1 spiro atoms. The Bertz CT molecular complexity index is 860. The van der Waals surface area contributed by atoms with Crippen molar-refractivity contribution in [1.82, 2.24) is 0 Å². The lowest BCUT2D eigenvalue weighted by molar-refractivity contribution is -0.389. The molecule has 34 heavy (non-hydrogen) atoms. The van der Waals surface area contributed by atoms with E-state index in [0.29, 0.717) is 19.6 Å². The van der Waals surface area contributed by atoms with Crippen molar-refractivity contribution in [3.05, 3.63) is 48.0 Å². The molecule has 1 saturated heterocycles. The third-order valence-corrected chi connectivity index (χ3v) is 11.6. The van der Waals surface area contributed by atoms with Crippen LogP contribution >= 0.6 is 0 Å². The fraction of sp³-hybridized carbons (Fsp3) is 0.667. The molecule has 3 rings (SSSR count). The summed E-state index contributed by atoms with van der Waals surface area (Å²) in [5.41, 5.74) is 1.13. The zero-order chi connectivity index (χ0) is 25.2. The van der Waals surface area contributed by atoms with Crippen molar-refractivity contribution in [3.63, 3.8) is 0 Å². The summed E-state index contributed by atoms with van der Waals surface area (Å²) in [6, 6.07) is 10.2. The van der Waals surface area contributed by atoms with Gasteiger partial charge in [0.05, 0.1) is 25.4 Å². The Kier molecular flexibility index (Phi) is 8.27. The molecule has 4 atom stereocenters. The van der Waals surface area contributed by atoms with E-state index in [4.69, 9.17) is 23.4 Å². The van der Waals surface area contributed by atoms with Gasteiger partial charge in [-0.2, -0.15) is 0 Å². The molecule has 0 aromatic heterocycles. The molecule has 0 unspecified atom stereocenters. The molecule has 0 saturated carbocycles. The number of benzene rings is 1. The van der Waals surface area contributed by atoms with Gasteiger partial charge in [0.1, 0.15) is 6.61 Å². The number of ketones is 1. The van der Waals surface area contributed by atoms with Gasteiger partial charge in [-0.3, -0.25) is 4.79 Å². The van der Waals surface area contributed by atoms with E-state index in [9.17, 15) is 4.79 Å². The summed E-state index contributed by atoms with van der Waals surface area (Å²) in [4.78, 5) is 11.7. The van der Waals surface area contributed by atoms with Gasteiger partial charge in [0.2, 0.25) is 0 Å². The molecule has 2 aliphatic heterocycles. The van der Waals surface area contributed by atoms with Gasteiger partial charge in [0, 0.05) is 12.3 Å². The van der Waals surface area contributed by atoms with Crippen LogP contribution in [-0.2, 0) is 34.8 Å². The van der Waals surface area contributed by atoms with Gasteiger partial charge in [0.15, 0.2) is 25.7 Å². The smallest absolute Gasteiger partial charge is 0.194 e. The summed E-state index contributed by atoms with van der Waals surface area (Å²) in [6.45, 7) is 18.2. The standard InChI is InChI=1S/C27H42O6Si/c1-20(23-16-27(33-26(5,6)31-23)15-14-22(28)18-30-27)24(32-34(7,8)25(2,3)4)19-29-17-21-12-10-9-11-13-21/h9-15,20,23-24H,16-19H2,1-8H3/t20-,23+,24-,27+/m1/s1. The number of rotatable bonds is 8. The first kappa shape index (κ1) is 27.2. The van der Waals surface area contributed by atoms with Gasteiger partial charge >= 0.3 is 0 Å². The van der Waals surface area contributed by atoms with Crippen LogP contribution in [0.5, 0.6) is 0 Å². The Morgan fingerprint density at radius 3 is 2.44 bits per heavy atom. The Morgan fingerprint density at radius 1 is 1.18 bits per heavy atom. The van der Waals surface area contributed by atoms with Gasteiger partial charge in [-0.1, -0.05) is 58.0 Å². The van der Waals surface area contributed by atoms with E-state index in [0.717, 1.165) is 5.56 Å². The van der Waals surface area contributed by atoms with Crippen molar-refractivity contribution >= 4 is 14.1 Å². The average Bonchev–Trinajstić information content (AvgIpc) is 2.73. The maximum atomic E-state index is 11.7. The second-order valence-electron chi connectivity index (χ2n) is 11.5. The Balaban J connectivity index is 1.80. The van der Waals surface area contributed by atoms with E-state index in [2.05, 4.69) is 52.9 Å². The van der Waals surface area contributed by atoms with Crippen molar-refractivity contribution in [2.75, 3.05) is 13.2 Å². The monoisotopic (exact) mass is 490 g/mol. The molecule has 0 amide bonds. The van der Waals surface area contributed by atoms with E-state index in [-0.39, 0.29) is 35.6 Å². The number of ether oxygens (including phenoxy) is 4. The maximum absolute atomic E-state index is 11.7. The molecule has 0 bridgehead atoms. The summed E-state index contributed by atoms with van der Waals surface area (Å²) >= 11 is 0. The van der Waals surface area contributed by atoms with Gasteiger partial charge < -0.3 is 23.4 Å². The average molecular weight is 491 g/mol. The molecule has 1 fully saturated rings. The second kappa shape index (κ2) is 10.3. The number of hydrogen-bond acceptors (Lipinski definition) is 6. The molecule has 190 valence electrons. The van der Waals surface area contributed by atoms with Crippen LogP contribution in [0.4, 0.5) is 0 Å². The van der Waals surface area contributed by atoms with Crippen LogP contribution in [0.1, 0.15) is 53.5 Å². The Labute approximate surface area is 206 Å². The van der Waals surface area contributed by atoms with E-state index >= 15 is 0 Å². The topological polar surface area (TPSA) is 63.2 Å². The highest BCUT2D eigenvalue weighted by molar-refractivity contribution is 6.74. The van der Waals surface area contributed by atoms with Crippen LogP contribution in [0.25, 0.3) is 0 Å². The first-order valence-electron chi connectivity index (χ1n) is 12.3. The maximum Gasteiger partial charge on any atom is 0.194 e. The van der Waals surface area contributed by atoms with E-state index in [1.807, 2.05) is 32.0 Å². The fourth-order valence-electron chi connectivity index (χ4n) is 4.12. The third kappa shape index (κ3) is 6.86. The zero-order valence-corrected chi connectivity index (χ0v) is 23.1. The Morgan fingerprint density at radius 2 is 1.85 bits per heavy atom. The molecule has 7 heteroatoms. The highest BCUT2D eigenvalue weighted by Crippen LogP contribution is 2.43. The van der Waals surface area contributed by atoms with Crippen LogP contribution in [0, 0.1) is 5.92 Å². The molecule has 2 heterocycles. The van der Waals surface area contributed by atoms with Crippen LogP contribution in [0.3, 0.4) is 0 Å². The number of hydrogen-bond donors (Lipinski definition) is 0. The van der Waals surface area contributed by atoms with Crippen molar-refractivity contribution in [3.8, 4) is 0 Å². The van der Waals surface area contributed by atoms with Crippen molar-refractivity contribution in [2.24, 2.45) is 5.92 Å². The van der Waals surface area contributed by atoms with Crippen molar-refractivity contribution in [2.45, 2.75) is 96.5 Å². The first-order valence-corrected chi connectivity index (χ1v) is 15.2. The second-order valence-corrected chi connectivity index (χ2v) is 16.3. The predicted octanol–water partition coefficient (Wildman–Crippen LogP) is 5.62. The van der Waals surface area contributed by atoms with Crippen LogP contribution < -0.4 is 0 Å². The van der Waals surface area contributed by atoms with Gasteiger partial charge in [-0.15, -0.1) is 0 Å². The van der Waals surface area contributed by atoms with Crippen molar-refractivity contribution in [1.29, 1.82) is 0 Å². The minimum atomic E-state index is -2.07. The van der Waals surface area contributed by atoms with E-state index < -0.39 is 19.9 Å². The third-order valence-electron chi connectivity index (χ3n) is 7.14. The molecule has 1 aromatic rings. The van der Waals surface area contributed by atoms with Gasteiger partial charge in [-0.05, 0) is 49.7 Å². The Hall–Kier alpha value is -1.35. The summed E-state index contributed by atoms with van der Waals surface area (Å²) in [6.07, 6.45) is 3.42. The minimum absolute atomic E-state index is 0.0117. The quantitative estimate of drug-likeness (QED) is 0.441. The zero-order valence-electron chi connectivity index (χ0n) is 22.1. The number of carbonyl (C=O) groups excluding carboxylic acids is 1.